The zero-order valence-electron chi connectivity index (χ0n) is 10.9. The Kier molecular flexibility index (Phi) is 7.30. The summed E-state index contributed by atoms with van der Waals surface area (Å²) >= 11 is 4.72. The van der Waals surface area contributed by atoms with Gasteiger partial charge >= 0.3 is 0 Å². The van der Waals surface area contributed by atoms with Crippen molar-refractivity contribution in [1.82, 2.24) is 5.43 Å². The molecule has 0 aliphatic rings. The second-order valence-electron chi connectivity index (χ2n) is 4.19. The third kappa shape index (κ3) is 4.08. The highest BCUT2D eigenvalue weighted by Crippen LogP contribution is 2.39. The summed E-state index contributed by atoms with van der Waals surface area (Å²) in [4.78, 5) is 0. The van der Waals surface area contributed by atoms with Crippen LogP contribution < -0.4 is 11.2 Å². The van der Waals surface area contributed by atoms with Crippen LogP contribution in [0.1, 0.15) is 53.4 Å². The van der Waals surface area contributed by atoms with Gasteiger partial charge in [0, 0.05) is 12.1 Å². The molecule has 1 unspecified atom stereocenters. The van der Waals surface area contributed by atoms with Gasteiger partial charge < -0.3 is 5.73 Å². The maximum atomic E-state index is 5.33. The molecule has 0 saturated heterocycles. The highest BCUT2D eigenvalue weighted by atomic mass is 32.1. The first-order chi connectivity index (χ1) is 7.56. The lowest BCUT2D eigenvalue weighted by atomic mass is 9.69. The lowest BCUT2D eigenvalue weighted by Gasteiger charge is -2.36. The van der Waals surface area contributed by atoms with E-state index in [1.807, 2.05) is 6.21 Å². The molecule has 0 spiro atoms. The van der Waals surface area contributed by atoms with E-state index in [2.05, 4.69) is 38.2 Å². The maximum absolute atomic E-state index is 5.33. The number of nitrogens with zero attached hydrogens (tertiary/aromatic N) is 1. The monoisotopic (exact) mass is 243 g/mol. The molecule has 4 heteroatoms. The maximum Gasteiger partial charge on any atom is 0.184 e. The van der Waals surface area contributed by atoms with Crippen molar-refractivity contribution in [2.75, 3.05) is 0 Å². The molecule has 0 aromatic rings. The lowest BCUT2D eigenvalue weighted by molar-refractivity contribution is 0.182. The number of rotatable bonds is 7. The van der Waals surface area contributed by atoms with Gasteiger partial charge in [-0.3, -0.25) is 5.43 Å². The summed E-state index contributed by atoms with van der Waals surface area (Å²) in [5.74, 6) is 0.481. The van der Waals surface area contributed by atoms with E-state index < -0.39 is 0 Å². The van der Waals surface area contributed by atoms with Crippen molar-refractivity contribution in [3.05, 3.63) is 0 Å². The Labute approximate surface area is 105 Å². The lowest BCUT2D eigenvalue weighted by Crippen LogP contribution is -2.31. The molecule has 0 aliphatic carbocycles. The molecule has 0 heterocycles. The smallest absolute Gasteiger partial charge is 0.184 e. The van der Waals surface area contributed by atoms with Crippen LogP contribution in [0.3, 0.4) is 0 Å². The van der Waals surface area contributed by atoms with Crippen LogP contribution in [0.4, 0.5) is 0 Å². The van der Waals surface area contributed by atoms with Gasteiger partial charge in [-0.15, -0.1) is 0 Å². The van der Waals surface area contributed by atoms with Crippen molar-refractivity contribution >= 4 is 23.5 Å². The molecule has 1 atom stereocenters. The van der Waals surface area contributed by atoms with Gasteiger partial charge in [0.1, 0.15) is 0 Å². The Morgan fingerprint density at radius 1 is 1.31 bits per heavy atom. The zero-order chi connectivity index (χ0) is 12.6. The van der Waals surface area contributed by atoms with Gasteiger partial charge in [-0.1, -0.05) is 27.7 Å². The van der Waals surface area contributed by atoms with E-state index in [1.54, 1.807) is 0 Å². The van der Waals surface area contributed by atoms with Crippen LogP contribution in [0.15, 0.2) is 5.10 Å². The Morgan fingerprint density at radius 3 is 2.12 bits per heavy atom. The summed E-state index contributed by atoms with van der Waals surface area (Å²) in [6, 6.07) is 0. The topological polar surface area (TPSA) is 50.4 Å². The second-order valence-corrected chi connectivity index (χ2v) is 4.63. The minimum Gasteiger partial charge on any atom is -0.375 e. The van der Waals surface area contributed by atoms with Crippen LogP contribution in [0.2, 0.25) is 0 Å². The van der Waals surface area contributed by atoms with E-state index in [-0.39, 0.29) is 5.11 Å². The van der Waals surface area contributed by atoms with Crippen molar-refractivity contribution in [3.8, 4) is 0 Å². The molecule has 3 nitrogen and oxygen atoms in total. The average Bonchev–Trinajstić information content (AvgIpc) is 2.29. The van der Waals surface area contributed by atoms with Crippen LogP contribution in [0, 0.1) is 11.3 Å². The molecule has 3 N–H and O–H groups in total. The SMILES string of the molecule is CCC(C=NNC(N)=S)C(CC)(CC)CC. The summed E-state index contributed by atoms with van der Waals surface area (Å²) in [5, 5.41) is 4.33. The van der Waals surface area contributed by atoms with Gasteiger partial charge in [0.05, 0.1) is 0 Å². The molecule has 0 rings (SSSR count). The molecular formula is C12H25N3S. The first-order valence-electron chi connectivity index (χ1n) is 6.14. The fraction of sp³-hybridized carbons (Fsp3) is 0.833. The van der Waals surface area contributed by atoms with Crippen molar-refractivity contribution in [1.29, 1.82) is 0 Å². The number of thiocarbonyl (C=S) groups is 1. The standard InChI is InChI=1S/C12H25N3S/c1-5-10(9-14-15-11(13)16)12(6-2,7-3)8-4/h9-10H,5-8H2,1-4H3,(H3,13,15,16). The quantitative estimate of drug-likeness (QED) is 0.410. The van der Waals surface area contributed by atoms with Crippen LogP contribution in [0.5, 0.6) is 0 Å². The number of nitrogens with one attached hydrogen (secondary N) is 1. The van der Waals surface area contributed by atoms with E-state index in [0.717, 1.165) is 6.42 Å². The largest absolute Gasteiger partial charge is 0.375 e. The molecular weight excluding hydrogens is 218 g/mol. The minimum atomic E-state index is 0.223. The Morgan fingerprint density at radius 2 is 1.81 bits per heavy atom. The molecule has 0 bridgehead atoms. The fourth-order valence-electron chi connectivity index (χ4n) is 2.42. The van der Waals surface area contributed by atoms with E-state index in [1.165, 1.54) is 19.3 Å². The Bertz CT molecular complexity index is 226. The van der Waals surface area contributed by atoms with E-state index in [4.69, 9.17) is 18.0 Å². The summed E-state index contributed by atoms with van der Waals surface area (Å²) in [5.41, 5.74) is 8.32. The van der Waals surface area contributed by atoms with Gasteiger partial charge in [-0.05, 0) is 43.3 Å². The van der Waals surface area contributed by atoms with Gasteiger partial charge in [0.25, 0.3) is 0 Å². The summed E-state index contributed by atoms with van der Waals surface area (Å²) in [7, 11) is 0. The highest BCUT2D eigenvalue weighted by molar-refractivity contribution is 7.80. The number of hydrogen-bond donors (Lipinski definition) is 2. The molecule has 0 aromatic carbocycles. The number of hydrazone groups is 1. The molecule has 0 amide bonds. The van der Waals surface area contributed by atoms with Gasteiger partial charge in [-0.25, -0.2) is 0 Å². The van der Waals surface area contributed by atoms with Crippen molar-refractivity contribution in [3.63, 3.8) is 0 Å². The van der Waals surface area contributed by atoms with Gasteiger partial charge in [0.2, 0.25) is 0 Å². The van der Waals surface area contributed by atoms with Crippen LogP contribution in [-0.2, 0) is 0 Å². The minimum absolute atomic E-state index is 0.223. The van der Waals surface area contributed by atoms with Crippen LogP contribution >= 0.6 is 12.2 Å². The summed E-state index contributed by atoms with van der Waals surface area (Å²) in [6.45, 7) is 8.96. The zero-order valence-corrected chi connectivity index (χ0v) is 11.7. The van der Waals surface area contributed by atoms with Gasteiger partial charge in [0.15, 0.2) is 5.11 Å². The summed E-state index contributed by atoms with van der Waals surface area (Å²) < 4.78 is 0. The van der Waals surface area contributed by atoms with E-state index in [0.29, 0.717) is 11.3 Å². The van der Waals surface area contributed by atoms with Crippen molar-refractivity contribution in [2.45, 2.75) is 53.4 Å². The third-order valence-electron chi connectivity index (χ3n) is 3.77. The van der Waals surface area contributed by atoms with Gasteiger partial charge in [-0.2, -0.15) is 5.10 Å². The highest BCUT2D eigenvalue weighted by Gasteiger charge is 2.31. The fourth-order valence-corrected chi connectivity index (χ4v) is 2.48. The normalized spacial score (nSPS) is 14.0. The molecule has 0 aliphatic heterocycles. The molecule has 0 aromatic heterocycles. The van der Waals surface area contributed by atoms with Crippen molar-refractivity contribution in [2.24, 2.45) is 22.2 Å². The molecule has 94 valence electrons. The molecule has 16 heavy (non-hydrogen) atoms. The second kappa shape index (κ2) is 7.60. The molecule has 0 saturated carbocycles. The average molecular weight is 243 g/mol. The van der Waals surface area contributed by atoms with E-state index in [9.17, 15) is 0 Å². The molecule has 0 fully saturated rings. The van der Waals surface area contributed by atoms with Crippen molar-refractivity contribution < 1.29 is 0 Å². The first-order valence-corrected chi connectivity index (χ1v) is 6.55. The Hall–Kier alpha value is -0.640. The molecule has 0 radical (unpaired) electrons. The summed E-state index contributed by atoms with van der Waals surface area (Å²) in [6.07, 6.45) is 6.60. The number of nitrogens with two attached hydrogens (primary N) is 1. The van der Waals surface area contributed by atoms with E-state index >= 15 is 0 Å². The predicted octanol–water partition coefficient (Wildman–Crippen LogP) is 3.05. The third-order valence-corrected chi connectivity index (χ3v) is 3.86. The van der Waals surface area contributed by atoms with Crippen LogP contribution in [-0.4, -0.2) is 11.3 Å². The number of hydrogen-bond acceptors (Lipinski definition) is 2. The predicted molar refractivity (Wildman–Crippen MR) is 75.5 cm³/mol. The van der Waals surface area contributed by atoms with Crippen LogP contribution in [0.25, 0.3) is 0 Å². The first kappa shape index (κ1) is 15.4. The Balaban J connectivity index is 4.67.